The summed E-state index contributed by atoms with van der Waals surface area (Å²) in [6.45, 7) is 1.67. The molecule has 1 nitrogen and oxygen atoms in total. The Balaban J connectivity index is 3.46. The molecule has 0 aliphatic heterocycles. The summed E-state index contributed by atoms with van der Waals surface area (Å²) in [6, 6.07) is 1.73. The normalized spacial score (nSPS) is 10.2. The summed E-state index contributed by atoms with van der Waals surface area (Å²) in [5.41, 5.74) is 6.10. The number of benzene rings is 1. The van der Waals surface area contributed by atoms with Gasteiger partial charge in [-0.2, -0.15) is 0 Å². The van der Waals surface area contributed by atoms with E-state index in [-0.39, 0.29) is 11.5 Å². The Kier molecular flexibility index (Phi) is 2.54. The van der Waals surface area contributed by atoms with E-state index in [9.17, 15) is 4.39 Å². The van der Waals surface area contributed by atoms with Crippen LogP contribution in [0, 0.1) is 12.7 Å². The van der Waals surface area contributed by atoms with Crippen molar-refractivity contribution >= 4 is 37.5 Å². The summed E-state index contributed by atoms with van der Waals surface area (Å²) < 4.78 is 14.4. The zero-order valence-corrected chi connectivity index (χ0v) is 8.96. The van der Waals surface area contributed by atoms with E-state index in [2.05, 4.69) is 31.9 Å². The van der Waals surface area contributed by atoms with E-state index in [1.54, 1.807) is 13.0 Å². The molecule has 0 aromatic heterocycles. The molecule has 4 heteroatoms. The molecule has 0 heterocycles. The van der Waals surface area contributed by atoms with Gasteiger partial charge in [-0.3, -0.25) is 0 Å². The van der Waals surface area contributed by atoms with Gasteiger partial charge in [-0.15, -0.1) is 0 Å². The lowest BCUT2D eigenvalue weighted by molar-refractivity contribution is 0.621. The van der Waals surface area contributed by atoms with E-state index in [4.69, 9.17) is 5.73 Å². The van der Waals surface area contributed by atoms with Gasteiger partial charge in [0, 0.05) is 14.5 Å². The van der Waals surface area contributed by atoms with Crippen molar-refractivity contribution in [3.63, 3.8) is 0 Å². The van der Waals surface area contributed by atoms with Gasteiger partial charge in [-0.25, -0.2) is 4.39 Å². The molecule has 1 aromatic carbocycles. The van der Waals surface area contributed by atoms with Crippen LogP contribution >= 0.6 is 31.9 Å². The second-order valence-corrected chi connectivity index (χ2v) is 3.90. The number of halogens is 3. The monoisotopic (exact) mass is 281 g/mol. The second kappa shape index (κ2) is 3.11. The molecule has 60 valence electrons. The molecule has 2 N–H and O–H groups in total. The highest BCUT2D eigenvalue weighted by Gasteiger charge is 2.09. The topological polar surface area (TPSA) is 26.0 Å². The number of nitrogens with two attached hydrogens (primary N) is 1. The molecule has 0 bridgehead atoms. The maximum absolute atomic E-state index is 13.1. The average molecular weight is 283 g/mol. The number of hydrogen-bond acceptors (Lipinski definition) is 1. The first-order valence-electron chi connectivity index (χ1n) is 2.93. The zero-order valence-electron chi connectivity index (χ0n) is 5.79. The van der Waals surface area contributed by atoms with Crippen LogP contribution in [0.5, 0.6) is 0 Å². The maximum atomic E-state index is 13.1. The van der Waals surface area contributed by atoms with Gasteiger partial charge < -0.3 is 5.73 Å². The molecule has 0 saturated carbocycles. The highest BCUT2D eigenvalue weighted by molar-refractivity contribution is 9.11. The Morgan fingerprint density at radius 1 is 1.36 bits per heavy atom. The summed E-state index contributed by atoms with van der Waals surface area (Å²) in [4.78, 5) is 0. The fraction of sp³-hybridized carbons (Fsp3) is 0.143. The molecule has 0 unspecified atom stereocenters. The van der Waals surface area contributed by atoms with Crippen molar-refractivity contribution in [2.24, 2.45) is 0 Å². The van der Waals surface area contributed by atoms with Crippen LogP contribution in [0.4, 0.5) is 10.1 Å². The maximum Gasteiger partial charge on any atom is 0.151 e. The van der Waals surface area contributed by atoms with E-state index >= 15 is 0 Å². The molecule has 1 rings (SSSR count). The molecule has 1 aromatic rings. The fourth-order valence-electron chi connectivity index (χ4n) is 0.709. The summed E-state index contributed by atoms with van der Waals surface area (Å²) in [5.74, 6) is -0.369. The van der Waals surface area contributed by atoms with Gasteiger partial charge in [0.1, 0.15) is 0 Å². The van der Waals surface area contributed by atoms with Gasteiger partial charge >= 0.3 is 0 Å². The standard InChI is InChI=1S/C7H6Br2FN/c1-3-4(8)2-5(9)7(11)6(3)10/h2H,11H2,1H3. The molecule has 0 radical (unpaired) electrons. The van der Waals surface area contributed by atoms with Crippen LogP contribution in [0.15, 0.2) is 15.0 Å². The largest absolute Gasteiger partial charge is 0.395 e. The number of rotatable bonds is 0. The first kappa shape index (κ1) is 9.00. The minimum atomic E-state index is -0.369. The van der Waals surface area contributed by atoms with Crippen LogP contribution < -0.4 is 5.73 Å². The van der Waals surface area contributed by atoms with Crippen molar-refractivity contribution in [3.05, 3.63) is 26.4 Å². The second-order valence-electron chi connectivity index (χ2n) is 2.19. The lowest BCUT2D eigenvalue weighted by Crippen LogP contribution is -1.95. The quantitative estimate of drug-likeness (QED) is 0.727. The molecule has 0 amide bonds. The van der Waals surface area contributed by atoms with Crippen LogP contribution in [-0.4, -0.2) is 0 Å². The third-order valence-corrected chi connectivity index (χ3v) is 2.91. The third-order valence-electron chi connectivity index (χ3n) is 1.43. The Hall–Kier alpha value is -0.0900. The van der Waals surface area contributed by atoms with Crippen LogP contribution in [0.2, 0.25) is 0 Å². The number of anilines is 1. The molecule has 0 aliphatic carbocycles. The number of hydrogen-bond donors (Lipinski definition) is 1. The Morgan fingerprint density at radius 2 is 1.91 bits per heavy atom. The highest BCUT2D eigenvalue weighted by Crippen LogP contribution is 2.30. The molecule has 11 heavy (non-hydrogen) atoms. The Bertz CT molecular complexity index is 273. The van der Waals surface area contributed by atoms with Gasteiger partial charge in [0.15, 0.2) is 5.82 Å². The first-order chi connectivity index (χ1) is 5.04. The van der Waals surface area contributed by atoms with Gasteiger partial charge in [0.05, 0.1) is 5.69 Å². The fourth-order valence-corrected chi connectivity index (χ4v) is 1.82. The molecular weight excluding hydrogens is 277 g/mol. The average Bonchev–Trinajstić information content (AvgIpc) is 1.97. The molecule has 0 spiro atoms. The van der Waals surface area contributed by atoms with Crippen molar-refractivity contribution in [2.45, 2.75) is 6.92 Å². The number of nitrogen functional groups attached to an aromatic ring is 1. The molecular formula is C7H6Br2FN. The molecule has 0 fully saturated rings. The van der Waals surface area contributed by atoms with E-state index < -0.39 is 0 Å². The van der Waals surface area contributed by atoms with Crippen molar-refractivity contribution in [2.75, 3.05) is 5.73 Å². The van der Waals surface area contributed by atoms with E-state index in [0.717, 1.165) is 4.47 Å². The van der Waals surface area contributed by atoms with Crippen molar-refractivity contribution in [3.8, 4) is 0 Å². The lowest BCUT2D eigenvalue weighted by atomic mass is 10.2. The van der Waals surface area contributed by atoms with Gasteiger partial charge in [0.25, 0.3) is 0 Å². The SMILES string of the molecule is Cc1c(Br)cc(Br)c(N)c1F. The smallest absolute Gasteiger partial charge is 0.151 e. The molecule has 0 atom stereocenters. The van der Waals surface area contributed by atoms with Crippen molar-refractivity contribution < 1.29 is 4.39 Å². The van der Waals surface area contributed by atoms with Crippen LogP contribution in [0.3, 0.4) is 0 Å². The summed E-state index contributed by atoms with van der Waals surface area (Å²) in [5, 5.41) is 0. The van der Waals surface area contributed by atoms with Crippen molar-refractivity contribution in [1.82, 2.24) is 0 Å². The third kappa shape index (κ3) is 1.56. The highest BCUT2D eigenvalue weighted by atomic mass is 79.9. The van der Waals surface area contributed by atoms with Gasteiger partial charge in [-0.05, 0) is 28.9 Å². The summed E-state index contributed by atoms with van der Waals surface area (Å²) in [6.07, 6.45) is 0. The van der Waals surface area contributed by atoms with E-state index in [0.29, 0.717) is 10.0 Å². The van der Waals surface area contributed by atoms with Crippen molar-refractivity contribution in [1.29, 1.82) is 0 Å². The first-order valence-corrected chi connectivity index (χ1v) is 4.52. The van der Waals surface area contributed by atoms with E-state index in [1.165, 1.54) is 0 Å². The van der Waals surface area contributed by atoms with Crippen LogP contribution in [-0.2, 0) is 0 Å². The summed E-state index contributed by atoms with van der Waals surface area (Å²) in [7, 11) is 0. The zero-order chi connectivity index (χ0) is 8.59. The minimum Gasteiger partial charge on any atom is -0.395 e. The van der Waals surface area contributed by atoms with Gasteiger partial charge in [0.2, 0.25) is 0 Å². The molecule has 0 aliphatic rings. The van der Waals surface area contributed by atoms with Crippen LogP contribution in [0.25, 0.3) is 0 Å². The Labute approximate surface area is 81.0 Å². The van der Waals surface area contributed by atoms with Gasteiger partial charge in [-0.1, -0.05) is 15.9 Å². The van der Waals surface area contributed by atoms with E-state index in [1.807, 2.05) is 0 Å². The summed E-state index contributed by atoms with van der Waals surface area (Å²) >= 11 is 6.34. The lowest BCUT2D eigenvalue weighted by Gasteiger charge is -2.04. The minimum absolute atomic E-state index is 0.158. The molecule has 0 saturated heterocycles. The predicted octanol–water partition coefficient (Wildman–Crippen LogP) is 3.24. The van der Waals surface area contributed by atoms with Crippen LogP contribution in [0.1, 0.15) is 5.56 Å². The predicted molar refractivity (Wildman–Crippen MR) is 50.9 cm³/mol. The Morgan fingerprint density at radius 3 is 2.45 bits per heavy atom.